The monoisotopic (exact) mass is 273 g/mol. The van der Waals surface area contributed by atoms with Crippen molar-refractivity contribution in [1.82, 2.24) is 20.8 Å². The van der Waals surface area contributed by atoms with E-state index in [0.717, 1.165) is 0 Å². The lowest BCUT2D eigenvalue weighted by molar-refractivity contribution is -0.117. The van der Waals surface area contributed by atoms with Gasteiger partial charge in [0, 0.05) is 6.54 Å². The molecule has 0 unspecified atom stereocenters. The van der Waals surface area contributed by atoms with Crippen LogP contribution < -0.4 is 16.4 Å². The van der Waals surface area contributed by atoms with Gasteiger partial charge in [-0.3, -0.25) is 10.1 Å². The van der Waals surface area contributed by atoms with E-state index in [2.05, 4.69) is 27.4 Å². The number of nitrogens with one attached hydrogen (secondary N) is 2. The van der Waals surface area contributed by atoms with Gasteiger partial charge in [0.15, 0.2) is 4.34 Å². The zero-order chi connectivity index (χ0) is 12.7. The Kier molecular flexibility index (Phi) is 5.43. The van der Waals surface area contributed by atoms with Crippen molar-refractivity contribution in [1.29, 1.82) is 0 Å². The first-order valence-corrected chi connectivity index (χ1v) is 6.32. The number of nitrogens with zero attached hydrogens (tertiary/aromatic N) is 2. The number of nitrogen functional groups attached to an aromatic ring is 1. The molecule has 9 heteroatoms. The number of imide groups is 1. The Bertz CT molecular complexity index is 420. The summed E-state index contributed by atoms with van der Waals surface area (Å²) in [6, 6.07) is -0.549. The molecule has 1 aromatic rings. The lowest BCUT2D eigenvalue weighted by Gasteiger charge is -2.03. The van der Waals surface area contributed by atoms with Crippen LogP contribution in [0.1, 0.15) is 0 Å². The van der Waals surface area contributed by atoms with E-state index in [1.165, 1.54) is 29.2 Å². The SMILES string of the molecule is C=CCNC(=O)NC(=O)CSc1nnc(N)s1. The van der Waals surface area contributed by atoms with Crippen LogP contribution in [-0.4, -0.2) is 34.4 Å². The van der Waals surface area contributed by atoms with Gasteiger partial charge in [0.25, 0.3) is 0 Å². The minimum absolute atomic E-state index is 0.0795. The van der Waals surface area contributed by atoms with Crippen LogP contribution in [0.2, 0.25) is 0 Å². The average molecular weight is 273 g/mol. The van der Waals surface area contributed by atoms with Gasteiger partial charge in [-0.2, -0.15) is 0 Å². The molecule has 0 fully saturated rings. The Morgan fingerprint density at radius 1 is 1.53 bits per heavy atom. The first-order chi connectivity index (χ1) is 8.11. The van der Waals surface area contributed by atoms with Crippen LogP contribution in [0.5, 0.6) is 0 Å². The van der Waals surface area contributed by atoms with Crippen molar-refractivity contribution < 1.29 is 9.59 Å². The molecule has 7 nitrogen and oxygen atoms in total. The van der Waals surface area contributed by atoms with Gasteiger partial charge in [-0.05, 0) is 0 Å². The highest BCUT2D eigenvalue weighted by molar-refractivity contribution is 8.01. The summed E-state index contributed by atoms with van der Waals surface area (Å²) in [5.41, 5.74) is 5.38. The predicted molar refractivity (Wildman–Crippen MR) is 66.8 cm³/mol. The minimum Gasteiger partial charge on any atom is -0.374 e. The Labute approximate surface area is 106 Å². The molecule has 1 rings (SSSR count). The number of aromatic nitrogens is 2. The van der Waals surface area contributed by atoms with E-state index < -0.39 is 11.9 Å². The van der Waals surface area contributed by atoms with Crippen molar-refractivity contribution in [2.45, 2.75) is 4.34 Å². The molecule has 1 heterocycles. The standard InChI is InChI=1S/C8H11N5O2S2/c1-2-3-10-7(15)11-5(14)4-16-8-13-12-6(9)17-8/h2H,1,3-4H2,(H2,9,12)(H2,10,11,14,15). The normalized spacial score (nSPS) is 9.65. The second-order valence-electron chi connectivity index (χ2n) is 2.74. The third-order valence-electron chi connectivity index (χ3n) is 1.41. The molecule has 4 N–H and O–H groups in total. The van der Waals surface area contributed by atoms with Crippen molar-refractivity contribution in [3.05, 3.63) is 12.7 Å². The molecule has 0 atom stereocenters. The predicted octanol–water partition coefficient (Wildman–Crippen LogP) is 0.224. The first-order valence-electron chi connectivity index (χ1n) is 4.52. The van der Waals surface area contributed by atoms with Crippen LogP contribution in [0.25, 0.3) is 0 Å². The fraction of sp³-hybridized carbons (Fsp3) is 0.250. The molecule has 0 aliphatic carbocycles. The molecule has 17 heavy (non-hydrogen) atoms. The maximum absolute atomic E-state index is 11.3. The Morgan fingerprint density at radius 3 is 2.88 bits per heavy atom. The lowest BCUT2D eigenvalue weighted by Crippen LogP contribution is -2.40. The molecule has 0 spiro atoms. The highest BCUT2D eigenvalue weighted by Gasteiger charge is 2.09. The smallest absolute Gasteiger partial charge is 0.321 e. The topological polar surface area (TPSA) is 110 Å². The fourth-order valence-electron chi connectivity index (χ4n) is 0.778. The maximum atomic E-state index is 11.3. The van der Waals surface area contributed by atoms with Crippen molar-refractivity contribution in [3.8, 4) is 0 Å². The maximum Gasteiger partial charge on any atom is 0.321 e. The van der Waals surface area contributed by atoms with Crippen LogP contribution in [-0.2, 0) is 4.79 Å². The number of anilines is 1. The number of nitrogens with two attached hydrogens (primary N) is 1. The zero-order valence-corrected chi connectivity index (χ0v) is 10.4. The number of amides is 3. The van der Waals surface area contributed by atoms with Crippen molar-refractivity contribution in [2.75, 3.05) is 18.0 Å². The highest BCUT2D eigenvalue weighted by atomic mass is 32.2. The van der Waals surface area contributed by atoms with Gasteiger partial charge >= 0.3 is 6.03 Å². The molecule has 0 aliphatic heterocycles. The van der Waals surface area contributed by atoms with E-state index in [0.29, 0.717) is 16.0 Å². The first kappa shape index (κ1) is 13.5. The van der Waals surface area contributed by atoms with Crippen LogP contribution in [0.15, 0.2) is 17.0 Å². The molecule has 0 bridgehead atoms. The molecule has 0 radical (unpaired) electrons. The quantitative estimate of drug-likeness (QED) is 0.523. The highest BCUT2D eigenvalue weighted by Crippen LogP contribution is 2.22. The molecule has 0 saturated carbocycles. The molecule has 0 aliphatic rings. The number of rotatable bonds is 5. The lowest BCUT2D eigenvalue weighted by atomic mass is 10.6. The number of urea groups is 1. The van der Waals surface area contributed by atoms with Gasteiger partial charge in [0.05, 0.1) is 5.75 Å². The largest absolute Gasteiger partial charge is 0.374 e. The Morgan fingerprint density at radius 2 is 2.29 bits per heavy atom. The molecule has 3 amide bonds. The summed E-state index contributed by atoms with van der Waals surface area (Å²) in [4.78, 5) is 22.4. The number of thioether (sulfide) groups is 1. The third kappa shape index (κ3) is 5.31. The number of hydrogen-bond acceptors (Lipinski definition) is 7. The van der Waals surface area contributed by atoms with Crippen LogP contribution in [0, 0.1) is 0 Å². The van der Waals surface area contributed by atoms with Gasteiger partial charge in [-0.15, -0.1) is 16.8 Å². The van der Waals surface area contributed by atoms with E-state index in [1.807, 2.05) is 0 Å². The van der Waals surface area contributed by atoms with Crippen molar-refractivity contribution in [2.24, 2.45) is 0 Å². The zero-order valence-electron chi connectivity index (χ0n) is 8.80. The number of hydrogen-bond donors (Lipinski definition) is 3. The van der Waals surface area contributed by atoms with E-state index in [1.54, 1.807) is 0 Å². The second-order valence-corrected chi connectivity index (χ2v) is 4.97. The summed E-state index contributed by atoms with van der Waals surface area (Å²) in [6.45, 7) is 3.74. The summed E-state index contributed by atoms with van der Waals surface area (Å²) in [5.74, 6) is -0.332. The van der Waals surface area contributed by atoms with Gasteiger partial charge in [0.1, 0.15) is 0 Å². The molecule has 1 aromatic heterocycles. The molecular weight excluding hydrogens is 262 g/mol. The average Bonchev–Trinajstić information content (AvgIpc) is 2.70. The van der Waals surface area contributed by atoms with Crippen LogP contribution >= 0.6 is 23.1 Å². The fourth-order valence-corrected chi connectivity index (χ4v) is 2.21. The van der Waals surface area contributed by atoms with E-state index >= 15 is 0 Å². The van der Waals surface area contributed by atoms with Crippen molar-refractivity contribution >= 4 is 40.2 Å². The summed E-state index contributed by atoms with van der Waals surface area (Å²) in [6.07, 6.45) is 1.52. The number of carbonyl (C=O) groups excluding carboxylic acids is 2. The van der Waals surface area contributed by atoms with Crippen LogP contribution in [0.4, 0.5) is 9.93 Å². The molecule has 0 aromatic carbocycles. The Balaban J connectivity index is 2.25. The summed E-state index contributed by atoms with van der Waals surface area (Å²) < 4.78 is 0.587. The van der Waals surface area contributed by atoms with E-state index in [9.17, 15) is 9.59 Å². The summed E-state index contributed by atoms with van der Waals surface area (Å²) >= 11 is 2.36. The Hall–Kier alpha value is -1.61. The van der Waals surface area contributed by atoms with E-state index in [-0.39, 0.29) is 5.75 Å². The second kappa shape index (κ2) is 6.86. The van der Waals surface area contributed by atoms with Gasteiger partial charge in [0.2, 0.25) is 11.0 Å². The van der Waals surface area contributed by atoms with E-state index in [4.69, 9.17) is 5.73 Å². The summed E-state index contributed by atoms with van der Waals surface area (Å²) in [5, 5.41) is 12.3. The molecule has 92 valence electrons. The van der Waals surface area contributed by atoms with Gasteiger partial charge < -0.3 is 11.1 Å². The van der Waals surface area contributed by atoms with Gasteiger partial charge in [-0.1, -0.05) is 29.2 Å². The molecular formula is C8H11N5O2S2. The molecule has 0 saturated heterocycles. The summed E-state index contributed by atoms with van der Waals surface area (Å²) in [7, 11) is 0. The number of carbonyl (C=O) groups is 2. The third-order valence-corrected chi connectivity index (χ3v) is 3.29. The van der Waals surface area contributed by atoms with Crippen LogP contribution in [0.3, 0.4) is 0 Å². The minimum atomic E-state index is -0.549. The van der Waals surface area contributed by atoms with Crippen molar-refractivity contribution in [3.63, 3.8) is 0 Å². The van der Waals surface area contributed by atoms with Gasteiger partial charge in [-0.25, -0.2) is 4.79 Å².